The Bertz CT molecular complexity index is 629. The summed E-state index contributed by atoms with van der Waals surface area (Å²) in [6.07, 6.45) is -1.10. The maximum atomic E-state index is 12.4. The van der Waals surface area contributed by atoms with Crippen molar-refractivity contribution in [3.8, 4) is 11.5 Å². The van der Waals surface area contributed by atoms with E-state index in [2.05, 4.69) is 0 Å². The number of phenolic OH excluding ortho intramolecular Hbond substituents is 2. The number of benzene rings is 2. The van der Waals surface area contributed by atoms with Crippen molar-refractivity contribution in [2.75, 3.05) is 0 Å². The summed E-state index contributed by atoms with van der Waals surface area (Å²) in [6.45, 7) is 0. The zero-order valence-corrected chi connectivity index (χ0v) is 10.2. The van der Waals surface area contributed by atoms with Crippen molar-refractivity contribution in [1.82, 2.24) is 0 Å². The van der Waals surface area contributed by atoms with Crippen LogP contribution in [0.4, 0.5) is 13.2 Å². The first-order valence-corrected chi connectivity index (χ1v) is 5.73. The van der Waals surface area contributed by atoms with Gasteiger partial charge in [0.1, 0.15) is 0 Å². The summed E-state index contributed by atoms with van der Waals surface area (Å²) < 4.78 is 37.1. The highest BCUT2D eigenvalue weighted by Gasteiger charge is 2.29. The zero-order valence-electron chi connectivity index (χ0n) is 10.2. The van der Waals surface area contributed by atoms with Gasteiger partial charge in [0.2, 0.25) is 0 Å². The second-order valence-corrected chi connectivity index (χ2v) is 4.20. The van der Waals surface area contributed by atoms with Gasteiger partial charge in [-0.25, -0.2) is 0 Å². The summed E-state index contributed by atoms with van der Waals surface area (Å²) in [5.41, 5.74) is 0.530. The fraction of sp³-hybridized carbons (Fsp3) is 0.0667. The van der Waals surface area contributed by atoms with Gasteiger partial charge in [0.15, 0.2) is 11.5 Å². The summed E-state index contributed by atoms with van der Waals surface area (Å²) in [5, 5.41) is 18.5. The smallest absolute Gasteiger partial charge is 0.416 e. The Kier molecular flexibility index (Phi) is 3.70. The molecule has 0 amide bonds. The predicted octanol–water partition coefficient (Wildman–Crippen LogP) is 4.29. The lowest BCUT2D eigenvalue weighted by atomic mass is 10.1. The van der Waals surface area contributed by atoms with Gasteiger partial charge in [-0.3, -0.25) is 0 Å². The summed E-state index contributed by atoms with van der Waals surface area (Å²) in [5.74, 6) is -0.476. The van der Waals surface area contributed by atoms with Gasteiger partial charge in [-0.05, 0) is 35.4 Å². The van der Waals surface area contributed by atoms with Gasteiger partial charge in [0.25, 0.3) is 0 Å². The molecule has 0 bridgehead atoms. The molecule has 0 aromatic heterocycles. The number of hydrogen-bond acceptors (Lipinski definition) is 2. The Balaban J connectivity index is 2.17. The molecule has 2 nitrogen and oxygen atoms in total. The van der Waals surface area contributed by atoms with Crippen molar-refractivity contribution in [3.63, 3.8) is 0 Å². The topological polar surface area (TPSA) is 40.5 Å². The fourth-order valence-electron chi connectivity index (χ4n) is 1.62. The van der Waals surface area contributed by atoms with E-state index in [0.717, 1.165) is 12.1 Å². The molecule has 104 valence electrons. The normalized spacial score (nSPS) is 11.9. The fourth-order valence-corrected chi connectivity index (χ4v) is 1.62. The third-order valence-electron chi connectivity index (χ3n) is 2.71. The van der Waals surface area contributed by atoms with Crippen LogP contribution in [-0.4, -0.2) is 10.2 Å². The molecule has 2 aromatic carbocycles. The van der Waals surface area contributed by atoms with Crippen molar-refractivity contribution in [2.45, 2.75) is 6.18 Å². The van der Waals surface area contributed by atoms with E-state index in [-0.39, 0.29) is 11.5 Å². The first-order chi connectivity index (χ1) is 9.36. The molecule has 0 aliphatic carbocycles. The highest BCUT2D eigenvalue weighted by Crippen LogP contribution is 2.29. The number of halogens is 3. The minimum absolute atomic E-state index is 0.225. The third kappa shape index (κ3) is 3.32. The second kappa shape index (κ2) is 5.28. The number of rotatable bonds is 2. The Morgan fingerprint density at radius 1 is 0.750 bits per heavy atom. The number of alkyl halides is 3. The molecular weight excluding hydrogens is 269 g/mol. The summed E-state index contributed by atoms with van der Waals surface area (Å²) in [6, 6.07) is 9.01. The van der Waals surface area contributed by atoms with Gasteiger partial charge in [-0.1, -0.05) is 30.4 Å². The molecule has 0 spiro atoms. The van der Waals surface area contributed by atoms with Crippen molar-refractivity contribution < 1.29 is 23.4 Å². The van der Waals surface area contributed by atoms with Crippen molar-refractivity contribution >= 4 is 12.2 Å². The van der Waals surface area contributed by atoms with Crippen LogP contribution < -0.4 is 0 Å². The molecule has 0 saturated carbocycles. The third-order valence-corrected chi connectivity index (χ3v) is 2.71. The van der Waals surface area contributed by atoms with Crippen LogP contribution >= 0.6 is 0 Å². The molecule has 2 rings (SSSR count). The summed E-state index contributed by atoms with van der Waals surface area (Å²) >= 11 is 0. The van der Waals surface area contributed by atoms with E-state index in [1.165, 1.54) is 24.3 Å². The van der Waals surface area contributed by atoms with Gasteiger partial charge in [0, 0.05) is 0 Å². The van der Waals surface area contributed by atoms with Crippen LogP contribution in [0.25, 0.3) is 12.2 Å². The Hall–Kier alpha value is -2.43. The minimum atomic E-state index is -4.34. The van der Waals surface area contributed by atoms with E-state index >= 15 is 0 Å². The average molecular weight is 280 g/mol. The molecule has 2 N–H and O–H groups in total. The molecule has 0 saturated heterocycles. The maximum absolute atomic E-state index is 12.4. The molecule has 20 heavy (non-hydrogen) atoms. The SMILES string of the molecule is Oc1ccc(C=Cc2ccc(C(F)(F)F)cc2)cc1O. The van der Waals surface area contributed by atoms with Gasteiger partial charge < -0.3 is 10.2 Å². The Labute approximate surface area is 113 Å². The van der Waals surface area contributed by atoms with E-state index in [9.17, 15) is 18.3 Å². The lowest BCUT2D eigenvalue weighted by molar-refractivity contribution is -0.137. The predicted molar refractivity (Wildman–Crippen MR) is 70.1 cm³/mol. The number of hydrogen-bond donors (Lipinski definition) is 2. The minimum Gasteiger partial charge on any atom is -0.504 e. The molecular formula is C15H11F3O2. The molecule has 0 atom stereocenters. The van der Waals surface area contributed by atoms with Crippen molar-refractivity contribution in [1.29, 1.82) is 0 Å². The first kappa shape index (κ1) is 14.0. The lowest BCUT2D eigenvalue weighted by Crippen LogP contribution is -2.03. The largest absolute Gasteiger partial charge is 0.504 e. The van der Waals surface area contributed by atoms with E-state index in [1.807, 2.05) is 0 Å². The van der Waals surface area contributed by atoms with Crippen molar-refractivity contribution in [2.24, 2.45) is 0 Å². The van der Waals surface area contributed by atoms with E-state index in [1.54, 1.807) is 18.2 Å². The zero-order chi connectivity index (χ0) is 14.8. The number of aromatic hydroxyl groups is 2. The summed E-state index contributed by atoms with van der Waals surface area (Å²) in [4.78, 5) is 0. The van der Waals surface area contributed by atoms with Crippen LogP contribution in [0.5, 0.6) is 11.5 Å². The molecule has 0 unspecified atom stereocenters. The molecule has 5 heteroatoms. The highest BCUT2D eigenvalue weighted by molar-refractivity contribution is 5.70. The van der Waals surface area contributed by atoms with Crippen LogP contribution in [0.2, 0.25) is 0 Å². The van der Waals surface area contributed by atoms with E-state index in [4.69, 9.17) is 5.11 Å². The molecule has 0 aliphatic rings. The van der Waals surface area contributed by atoms with Gasteiger partial charge in [0.05, 0.1) is 5.56 Å². The summed E-state index contributed by atoms with van der Waals surface area (Å²) in [7, 11) is 0. The van der Waals surface area contributed by atoms with Crippen LogP contribution in [-0.2, 0) is 6.18 Å². The average Bonchev–Trinajstić information content (AvgIpc) is 2.40. The standard InChI is InChI=1S/C15H11F3O2/c16-15(17,18)12-6-3-10(4-7-12)1-2-11-5-8-13(19)14(20)9-11/h1-9,19-20H. The van der Waals surface area contributed by atoms with Gasteiger partial charge in [-0.15, -0.1) is 0 Å². The Morgan fingerprint density at radius 2 is 1.30 bits per heavy atom. The second-order valence-electron chi connectivity index (χ2n) is 4.20. The number of phenols is 2. The van der Waals surface area contributed by atoms with Crippen LogP contribution in [0, 0.1) is 0 Å². The van der Waals surface area contributed by atoms with Crippen LogP contribution in [0.3, 0.4) is 0 Å². The van der Waals surface area contributed by atoms with Crippen LogP contribution in [0.15, 0.2) is 42.5 Å². The van der Waals surface area contributed by atoms with Gasteiger partial charge in [-0.2, -0.15) is 13.2 Å². The first-order valence-electron chi connectivity index (χ1n) is 5.73. The highest BCUT2D eigenvalue weighted by atomic mass is 19.4. The quantitative estimate of drug-likeness (QED) is 0.636. The maximum Gasteiger partial charge on any atom is 0.416 e. The molecule has 0 radical (unpaired) electrons. The van der Waals surface area contributed by atoms with Crippen molar-refractivity contribution in [3.05, 3.63) is 59.2 Å². The van der Waals surface area contributed by atoms with Gasteiger partial charge >= 0.3 is 6.18 Å². The van der Waals surface area contributed by atoms with E-state index < -0.39 is 11.7 Å². The van der Waals surface area contributed by atoms with E-state index in [0.29, 0.717) is 11.1 Å². The Morgan fingerprint density at radius 3 is 1.85 bits per heavy atom. The molecule has 2 aromatic rings. The molecule has 0 heterocycles. The molecule has 0 aliphatic heterocycles. The monoisotopic (exact) mass is 280 g/mol. The molecule has 0 fully saturated rings. The lowest BCUT2D eigenvalue weighted by Gasteiger charge is -2.05. The van der Waals surface area contributed by atoms with Crippen LogP contribution in [0.1, 0.15) is 16.7 Å².